The predicted octanol–water partition coefficient (Wildman–Crippen LogP) is 1.31. The highest BCUT2D eigenvalue weighted by atomic mass is 32.2. The highest BCUT2D eigenvalue weighted by Gasteiger charge is 2.49. The summed E-state index contributed by atoms with van der Waals surface area (Å²) >= 11 is 0. The number of halogens is 1. The molecule has 5 nitrogen and oxygen atoms in total. The van der Waals surface area contributed by atoms with Crippen molar-refractivity contribution in [1.29, 1.82) is 0 Å². The third-order valence-electron chi connectivity index (χ3n) is 4.53. The summed E-state index contributed by atoms with van der Waals surface area (Å²) in [5.41, 5.74) is 0. The van der Waals surface area contributed by atoms with E-state index in [0.29, 0.717) is 13.2 Å². The van der Waals surface area contributed by atoms with Crippen molar-refractivity contribution < 1.29 is 17.5 Å². The molecule has 0 amide bonds. The number of fused-ring (bicyclic) bond motifs is 1. The van der Waals surface area contributed by atoms with Crippen molar-refractivity contribution in [2.75, 3.05) is 27.2 Å². The Labute approximate surface area is 130 Å². The second-order valence-corrected chi connectivity index (χ2v) is 8.00. The van der Waals surface area contributed by atoms with Gasteiger partial charge in [-0.15, -0.1) is 0 Å². The monoisotopic (exact) mass is 328 g/mol. The first-order valence-electron chi connectivity index (χ1n) is 7.46. The Kier molecular flexibility index (Phi) is 4.24. The van der Waals surface area contributed by atoms with Crippen molar-refractivity contribution in [2.45, 2.75) is 35.9 Å². The number of hydrogen-bond donors (Lipinski definition) is 0. The van der Waals surface area contributed by atoms with Gasteiger partial charge in [-0.2, -0.15) is 4.31 Å². The Morgan fingerprint density at radius 1 is 1.27 bits per heavy atom. The number of hydrogen-bond acceptors (Lipinski definition) is 4. The van der Waals surface area contributed by atoms with E-state index in [9.17, 15) is 12.8 Å². The number of ether oxygens (including phenoxy) is 1. The van der Waals surface area contributed by atoms with Crippen LogP contribution in [-0.2, 0) is 14.8 Å². The predicted molar refractivity (Wildman–Crippen MR) is 80.5 cm³/mol. The lowest BCUT2D eigenvalue weighted by molar-refractivity contribution is -0.0266. The largest absolute Gasteiger partial charge is 0.375 e. The molecule has 122 valence electrons. The quantitative estimate of drug-likeness (QED) is 0.839. The summed E-state index contributed by atoms with van der Waals surface area (Å²) in [4.78, 5) is 2.15. The Morgan fingerprint density at radius 3 is 2.59 bits per heavy atom. The molecule has 3 atom stereocenters. The van der Waals surface area contributed by atoms with Crippen LogP contribution in [-0.4, -0.2) is 63.1 Å². The van der Waals surface area contributed by atoms with Crippen molar-refractivity contribution in [3.8, 4) is 0 Å². The van der Waals surface area contributed by atoms with Gasteiger partial charge < -0.3 is 9.64 Å². The molecule has 0 bridgehead atoms. The van der Waals surface area contributed by atoms with Crippen LogP contribution in [0.3, 0.4) is 0 Å². The summed E-state index contributed by atoms with van der Waals surface area (Å²) in [6, 6.07) is 4.91. The van der Waals surface area contributed by atoms with Crippen LogP contribution < -0.4 is 0 Å². The average Bonchev–Trinajstić information content (AvgIpc) is 2.88. The van der Waals surface area contributed by atoms with Gasteiger partial charge in [0.25, 0.3) is 0 Å². The van der Waals surface area contributed by atoms with Crippen molar-refractivity contribution in [3.63, 3.8) is 0 Å². The topological polar surface area (TPSA) is 49.9 Å². The van der Waals surface area contributed by atoms with E-state index in [2.05, 4.69) is 0 Å². The fourth-order valence-corrected chi connectivity index (χ4v) is 5.04. The molecular weight excluding hydrogens is 307 g/mol. The van der Waals surface area contributed by atoms with Crippen molar-refractivity contribution in [2.24, 2.45) is 0 Å². The summed E-state index contributed by atoms with van der Waals surface area (Å²) < 4.78 is 46.2. The Bertz CT molecular complexity index is 633. The Hall–Kier alpha value is -1.02. The summed E-state index contributed by atoms with van der Waals surface area (Å²) in [6.45, 7) is 1.08. The molecule has 0 unspecified atom stereocenters. The standard InChI is InChI=1S/C15H21FN2O3S/c1-17(2)14-10-18(13-4-3-9-21-15(13)14)22(19,20)12-7-5-11(16)6-8-12/h5-8,13-15H,3-4,9-10H2,1-2H3/t13-,14-,15+/m1/s1. The zero-order valence-electron chi connectivity index (χ0n) is 12.8. The van der Waals surface area contributed by atoms with Gasteiger partial charge in [-0.1, -0.05) is 0 Å². The molecule has 22 heavy (non-hydrogen) atoms. The van der Waals surface area contributed by atoms with Crippen LogP contribution in [0.2, 0.25) is 0 Å². The van der Waals surface area contributed by atoms with E-state index in [1.165, 1.54) is 28.6 Å². The Morgan fingerprint density at radius 2 is 1.95 bits per heavy atom. The van der Waals surface area contributed by atoms with Crippen molar-refractivity contribution in [3.05, 3.63) is 30.1 Å². The first-order chi connectivity index (χ1) is 10.4. The van der Waals surface area contributed by atoms with E-state index >= 15 is 0 Å². The van der Waals surface area contributed by atoms with E-state index in [4.69, 9.17) is 4.74 Å². The number of nitrogens with zero attached hydrogens (tertiary/aromatic N) is 2. The van der Waals surface area contributed by atoms with Gasteiger partial charge in [-0.3, -0.25) is 0 Å². The van der Waals surface area contributed by atoms with Crippen LogP contribution in [0, 0.1) is 5.82 Å². The minimum Gasteiger partial charge on any atom is -0.375 e. The second-order valence-electron chi connectivity index (χ2n) is 6.10. The van der Waals surface area contributed by atoms with E-state index in [1.807, 2.05) is 19.0 Å². The van der Waals surface area contributed by atoms with Gasteiger partial charge in [0.2, 0.25) is 10.0 Å². The summed E-state index contributed by atoms with van der Waals surface area (Å²) in [6.07, 6.45) is 1.56. The first kappa shape index (κ1) is 15.9. The smallest absolute Gasteiger partial charge is 0.243 e. The molecular formula is C15H21FN2O3S. The van der Waals surface area contributed by atoms with Crippen LogP contribution in [0.25, 0.3) is 0 Å². The molecule has 0 N–H and O–H groups in total. The van der Waals surface area contributed by atoms with Gasteiger partial charge in [0.1, 0.15) is 5.82 Å². The number of rotatable bonds is 3. The van der Waals surface area contributed by atoms with Gasteiger partial charge in [0.15, 0.2) is 0 Å². The van der Waals surface area contributed by atoms with Gasteiger partial charge in [0, 0.05) is 13.2 Å². The molecule has 3 rings (SSSR count). The molecule has 0 aromatic heterocycles. The lowest BCUT2D eigenvalue weighted by Gasteiger charge is -2.33. The van der Waals surface area contributed by atoms with Crippen molar-refractivity contribution >= 4 is 10.0 Å². The number of likely N-dealkylation sites (N-methyl/N-ethyl adjacent to an activating group) is 1. The van der Waals surface area contributed by atoms with E-state index in [-0.39, 0.29) is 23.1 Å². The highest BCUT2D eigenvalue weighted by molar-refractivity contribution is 7.89. The molecule has 1 aromatic rings. The lowest BCUT2D eigenvalue weighted by atomic mass is 10.0. The molecule has 0 aliphatic carbocycles. The molecule has 1 aromatic carbocycles. The molecule has 7 heteroatoms. The molecule has 0 spiro atoms. The fourth-order valence-electron chi connectivity index (χ4n) is 3.36. The van der Waals surface area contributed by atoms with Gasteiger partial charge >= 0.3 is 0 Å². The zero-order valence-corrected chi connectivity index (χ0v) is 13.6. The van der Waals surface area contributed by atoms with Crippen molar-refractivity contribution in [1.82, 2.24) is 9.21 Å². The minimum absolute atomic E-state index is 0.0422. The Balaban J connectivity index is 1.94. The molecule has 2 saturated heterocycles. The van der Waals surface area contributed by atoms with Crippen LogP contribution in [0.5, 0.6) is 0 Å². The van der Waals surface area contributed by atoms with Crippen LogP contribution in [0.15, 0.2) is 29.2 Å². The maximum Gasteiger partial charge on any atom is 0.243 e. The maximum atomic E-state index is 13.1. The number of benzene rings is 1. The third-order valence-corrected chi connectivity index (χ3v) is 6.44. The third kappa shape index (κ3) is 2.67. The summed E-state index contributed by atoms with van der Waals surface area (Å²) in [5.74, 6) is -0.439. The molecule has 2 aliphatic heterocycles. The average molecular weight is 328 g/mol. The van der Waals surface area contributed by atoms with E-state index in [0.717, 1.165) is 12.8 Å². The first-order valence-corrected chi connectivity index (χ1v) is 8.91. The molecule has 2 heterocycles. The van der Waals surface area contributed by atoms with Crippen LogP contribution in [0.1, 0.15) is 12.8 Å². The normalized spacial score (nSPS) is 29.7. The molecule has 0 radical (unpaired) electrons. The van der Waals surface area contributed by atoms with E-state index in [1.54, 1.807) is 0 Å². The molecule has 2 aliphatic rings. The fraction of sp³-hybridized carbons (Fsp3) is 0.600. The zero-order chi connectivity index (χ0) is 15.9. The summed E-state index contributed by atoms with van der Waals surface area (Å²) in [7, 11) is 0.244. The number of sulfonamides is 1. The van der Waals surface area contributed by atoms with Crippen LogP contribution >= 0.6 is 0 Å². The van der Waals surface area contributed by atoms with Gasteiger partial charge in [-0.05, 0) is 51.2 Å². The molecule has 0 saturated carbocycles. The lowest BCUT2D eigenvalue weighted by Crippen LogP contribution is -2.45. The maximum absolute atomic E-state index is 13.1. The minimum atomic E-state index is -3.63. The van der Waals surface area contributed by atoms with E-state index < -0.39 is 15.8 Å². The SMILES string of the molecule is CN(C)[C@@H]1CN(S(=O)(=O)c2ccc(F)cc2)[C@@H]2CCCO[C@H]12. The second kappa shape index (κ2) is 5.88. The molecule has 2 fully saturated rings. The summed E-state index contributed by atoms with van der Waals surface area (Å²) in [5, 5.41) is 0. The van der Waals surface area contributed by atoms with Crippen LogP contribution in [0.4, 0.5) is 4.39 Å². The highest BCUT2D eigenvalue weighted by Crippen LogP contribution is 2.34. The van der Waals surface area contributed by atoms with Gasteiger partial charge in [0.05, 0.1) is 23.1 Å². The van der Waals surface area contributed by atoms with Gasteiger partial charge in [-0.25, -0.2) is 12.8 Å².